The van der Waals surface area contributed by atoms with E-state index in [0.29, 0.717) is 0 Å². The molecule has 2 rings (SSSR count). The van der Waals surface area contributed by atoms with Gasteiger partial charge in [-0.1, -0.05) is 36.4 Å². The van der Waals surface area contributed by atoms with Gasteiger partial charge in [0.15, 0.2) is 17.7 Å². The fraction of sp³-hybridized carbons (Fsp3) is 0.133. The molecule has 4 nitrogen and oxygen atoms in total. The van der Waals surface area contributed by atoms with E-state index in [1.54, 1.807) is 0 Å². The van der Waals surface area contributed by atoms with Crippen molar-refractivity contribution >= 4 is 5.97 Å². The Morgan fingerprint density at radius 2 is 1.90 bits per heavy atom. The van der Waals surface area contributed by atoms with Crippen LogP contribution in [0.3, 0.4) is 0 Å². The number of aliphatic hydroxyl groups excluding tert-OH is 1. The monoisotopic (exact) mass is 276 g/mol. The van der Waals surface area contributed by atoms with Crippen molar-refractivity contribution in [2.75, 3.05) is 0 Å². The van der Waals surface area contributed by atoms with Crippen LogP contribution in [-0.2, 0) is 11.4 Å². The van der Waals surface area contributed by atoms with Crippen LogP contribution in [0.5, 0.6) is 5.75 Å². The number of carboxylic acid groups (broad SMARTS) is 1. The summed E-state index contributed by atoms with van der Waals surface area (Å²) in [6.07, 6.45) is -1.74. The van der Waals surface area contributed by atoms with Gasteiger partial charge in [0.1, 0.15) is 6.61 Å². The predicted octanol–water partition coefficient (Wildman–Crippen LogP) is 2.52. The van der Waals surface area contributed by atoms with Gasteiger partial charge in [0, 0.05) is 0 Å². The van der Waals surface area contributed by atoms with Gasteiger partial charge < -0.3 is 14.9 Å². The Labute approximate surface area is 115 Å². The molecule has 2 aromatic carbocycles. The number of carboxylic acids is 1. The normalized spacial score (nSPS) is 11.9. The first-order valence-electron chi connectivity index (χ1n) is 5.95. The quantitative estimate of drug-likeness (QED) is 0.880. The summed E-state index contributed by atoms with van der Waals surface area (Å²) in [7, 11) is 0. The molecule has 1 unspecified atom stereocenters. The number of aliphatic carboxylic acids is 1. The van der Waals surface area contributed by atoms with Crippen molar-refractivity contribution < 1.29 is 24.1 Å². The van der Waals surface area contributed by atoms with Crippen molar-refractivity contribution in [2.24, 2.45) is 0 Å². The summed E-state index contributed by atoms with van der Waals surface area (Å²) < 4.78 is 19.1. The summed E-state index contributed by atoms with van der Waals surface area (Å²) in [6.45, 7) is 0.207. The zero-order valence-corrected chi connectivity index (χ0v) is 10.5. The van der Waals surface area contributed by atoms with Gasteiger partial charge in [-0.3, -0.25) is 0 Å². The molecular formula is C15H13FO4. The topological polar surface area (TPSA) is 66.8 Å². The molecule has 0 aliphatic heterocycles. The van der Waals surface area contributed by atoms with Gasteiger partial charge in [-0.05, 0) is 23.3 Å². The van der Waals surface area contributed by atoms with E-state index < -0.39 is 17.9 Å². The second kappa shape index (κ2) is 6.16. The summed E-state index contributed by atoms with van der Waals surface area (Å²) in [5, 5.41) is 18.0. The molecule has 0 fully saturated rings. The Kier molecular flexibility index (Phi) is 4.32. The third-order valence-electron chi connectivity index (χ3n) is 2.74. The molecule has 0 aliphatic carbocycles. The number of rotatable bonds is 5. The summed E-state index contributed by atoms with van der Waals surface area (Å²) in [5.74, 6) is -2.13. The molecule has 0 saturated heterocycles. The summed E-state index contributed by atoms with van der Waals surface area (Å²) >= 11 is 0. The Hall–Kier alpha value is -2.40. The smallest absolute Gasteiger partial charge is 0.337 e. The highest BCUT2D eigenvalue weighted by atomic mass is 19.1. The van der Waals surface area contributed by atoms with E-state index in [9.17, 15) is 14.3 Å². The number of ether oxygens (including phenoxy) is 1. The lowest BCUT2D eigenvalue weighted by Crippen LogP contribution is -2.10. The van der Waals surface area contributed by atoms with Crippen LogP contribution < -0.4 is 4.74 Å². The largest absolute Gasteiger partial charge is 0.486 e. The second-order valence-corrected chi connectivity index (χ2v) is 4.20. The molecule has 1 atom stereocenters. The molecule has 0 saturated carbocycles. The first kappa shape index (κ1) is 14.0. The molecule has 0 radical (unpaired) electrons. The fourth-order valence-corrected chi connectivity index (χ4v) is 1.68. The number of halogens is 1. The molecule has 0 spiro atoms. The molecule has 2 N–H and O–H groups in total. The molecule has 0 amide bonds. The van der Waals surface area contributed by atoms with Crippen LogP contribution in [0.4, 0.5) is 4.39 Å². The molecule has 0 aromatic heterocycles. The average Bonchev–Trinajstić information content (AvgIpc) is 2.46. The van der Waals surface area contributed by atoms with Gasteiger partial charge in [-0.25, -0.2) is 9.18 Å². The van der Waals surface area contributed by atoms with E-state index in [-0.39, 0.29) is 17.9 Å². The average molecular weight is 276 g/mol. The third-order valence-corrected chi connectivity index (χ3v) is 2.74. The van der Waals surface area contributed by atoms with Crippen molar-refractivity contribution in [2.45, 2.75) is 12.7 Å². The summed E-state index contributed by atoms with van der Waals surface area (Å²) in [6, 6.07) is 12.8. The van der Waals surface area contributed by atoms with E-state index in [1.165, 1.54) is 12.1 Å². The highest BCUT2D eigenvalue weighted by Gasteiger charge is 2.17. The van der Waals surface area contributed by atoms with E-state index in [4.69, 9.17) is 9.84 Å². The molecule has 104 valence electrons. The standard InChI is InChI=1S/C15H13FO4/c16-12-8-11(14(17)15(18)19)6-7-13(12)20-9-10-4-2-1-3-5-10/h1-8,14,17H,9H2,(H,18,19). The number of aliphatic hydroxyl groups is 1. The van der Waals surface area contributed by atoms with Crippen molar-refractivity contribution in [1.29, 1.82) is 0 Å². The minimum atomic E-state index is -1.74. The highest BCUT2D eigenvalue weighted by molar-refractivity contribution is 5.74. The van der Waals surface area contributed by atoms with Crippen molar-refractivity contribution in [3.63, 3.8) is 0 Å². The molecule has 0 aliphatic rings. The Bertz CT molecular complexity index is 598. The lowest BCUT2D eigenvalue weighted by atomic mass is 10.1. The van der Waals surface area contributed by atoms with Gasteiger partial charge in [-0.2, -0.15) is 0 Å². The number of hydrogen-bond donors (Lipinski definition) is 2. The molecule has 2 aromatic rings. The van der Waals surface area contributed by atoms with Crippen LogP contribution >= 0.6 is 0 Å². The Morgan fingerprint density at radius 3 is 2.50 bits per heavy atom. The van der Waals surface area contributed by atoms with Crippen LogP contribution in [0.25, 0.3) is 0 Å². The maximum absolute atomic E-state index is 13.7. The van der Waals surface area contributed by atoms with Gasteiger partial charge in [-0.15, -0.1) is 0 Å². The summed E-state index contributed by atoms with van der Waals surface area (Å²) in [5.41, 5.74) is 0.864. The van der Waals surface area contributed by atoms with Crippen LogP contribution in [0.2, 0.25) is 0 Å². The lowest BCUT2D eigenvalue weighted by Gasteiger charge is -2.10. The Morgan fingerprint density at radius 1 is 1.20 bits per heavy atom. The minimum Gasteiger partial charge on any atom is -0.486 e. The van der Waals surface area contributed by atoms with Gasteiger partial charge >= 0.3 is 5.97 Å². The number of hydrogen-bond acceptors (Lipinski definition) is 3. The number of carbonyl (C=O) groups is 1. The maximum atomic E-state index is 13.7. The molecule has 5 heteroatoms. The Balaban J connectivity index is 2.08. The van der Waals surface area contributed by atoms with Crippen molar-refractivity contribution in [3.8, 4) is 5.75 Å². The van der Waals surface area contributed by atoms with Crippen LogP contribution in [0, 0.1) is 5.82 Å². The fourth-order valence-electron chi connectivity index (χ4n) is 1.68. The first-order valence-corrected chi connectivity index (χ1v) is 5.95. The molecule has 0 heterocycles. The van der Waals surface area contributed by atoms with E-state index >= 15 is 0 Å². The van der Waals surface area contributed by atoms with Crippen LogP contribution in [0.1, 0.15) is 17.2 Å². The lowest BCUT2D eigenvalue weighted by molar-refractivity contribution is -0.146. The van der Waals surface area contributed by atoms with Crippen LogP contribution in [0.15, 0.2) is 48.5 Å². The second-order valence-electron chi connectivity index (χ2n) is 4.20. The minimum absolute atomic E-state index is 0.00944. The van der Waals surface area contributed by atoms with E-state index in [1.807, 2.05) is 30.3 Å². The van der Waals surface area contributed by atoms with E-state index in [2.05, 4.69) is 0 Å². The third kappa shape index (κ3) is 3.33. The summed E-state index contributed by atoms with van der Waals surface area (Å²) in [4.78, 5) is 10.6. The predicted molar refractivity (Wildman–Crippen MR) is 69.8 cm³/mol. The van der Waals surface area contributed by atoms with Crippen molar-refractivity contribution in [1.82, 2.24) is 0 Å². The maximum Gasteiger partial charge on any atom is 0.337 e. The molecule has 0 bridgehead atoms. The molecule has 20 heavy (non-hydrogen) atoms. The first-order chi connectivity index (χ1) is 9.58. The zero-order valence-electron chi connectivity index (χ0n) is 10.5. The molecular weight excluding hydrogens is 263 g/mol. The van der Waals surface area contributed by atoms with E-state index in [0.717, 1.165) is 11.6 Å². The zero-order chi connectivity index (χ0) is 14.5. The van der Waals surface area contributed by atoms with Gasteiger partial charge in [0.25, 0.3) is 0 Å². The SMILES string of the molecule is O=C(O)C(O)c1ccc(OCc2ccccc2)c(F)c1. The number of benzene rings is 2. The van der Waals surface area contributed by atoms with Gasteiger partial charge in [0.05, 0.1) is 0 Å². The van der Waals surface area contributed by atoms with Crippen LogP contribution in [-0.4, -0.2) is 16.2 Å². The van der Waals surface area contributed by atoms with Crippen molar-refractivity contribution in [3.05, 3.63) is 65.5 Å². The highest BCUT2D eigenvalue weighted by Crippen LogP contribution is 2.23. The van der Waals surface area contributed by atoms with Gasteiger partial charge in [0.2, 0.25) is 0 Å².